The van der Waals surface area contributed by atoms with Crippen LogP contribution in [0, 0.1) is 5.82 Å². The topological polar surface area (TPSA) is 69.6 Å². The first-order valence-electron chi connectivity index (χ1n) is 6.69. The lowest BCUT2D eigenvalue weighted by Crippen LogP contribution is -2.35. The molecule has 114 valence electrons. The molecule has 0 aliphatic carbocycles. The van der Waals surface area contributed by atoms with E-state index in [9.17, 15) is 14.0 Å². The van der Waals surface area contributed by atoms with E-state index in [1.807, 2.05) is 0 Å². The van der Waals surface area contributed by atoms with Crippen molar-refractivity contribution >= 4 is 23.2 Å². The number of thiophene rings is 1. The van der Waals surface area contributed by atoms with E-state index >= 15 is 0 Å². The monoisotopic (exact) mass is 320 g/mol. The first-order valence-corrected chi connectivity index (χ1v) is 7.51. The molecule has 5 nitrogen and oxygen atoms in total. The molecule has 2 amide bonds. The van der Waals surface area contributed by atoms with Gasteiger partial charge in [-0.2, -0.15) is 0 Å². The van der Waals surface area contributed by atoms with Crippen molar-refractivity contribution in [1.29, 1.82) is 0 Å². The Morgan fingerprint density at radius 2 is 2.00 bits per heavy atom. The summed E-state index contributed by atoms with van der Waals surface area (Å²) in [5.74, 6) is -1.08. The zero-order valence-corrected chi connectivity index (χ0v) is 12.3. The van der Waals surface area contributed by atoms with Crippen LogP contribution in [-0.2, 0) is 13.0 Å². The molecule has 0 saturated carbocycles. The van der Waals surface area contributed by atoms with E-state index in [1.165, 1.54) is 35.6 Å². The van der Waals surface area contributed by atoms with Gasteiger partial charge < -0.3 is 4.90 Å². The highest BCUT2D eigenvalue weighted by molar-refractivity contribution is 7.14. The number of carbonyl (C=O) groups excluding carboxylic acids is 2. The van der Waals surface area contributed by atoms with E-state index in [4.69, 9.17) is 5.21 Å². The summed E-state index contributed by atoms with van der Waals surface area (Å²) in [4.78, 5) is 26.9. The predicted molar refractivity (Wildman–Crippen MR) is 78.4 cm³/mol. The van der Waals surface area contributed by atoms with Gasteiger partial charge in [0.15, 0.2) is 0 Å². The van der Waals surface area contributed by atoms with Crippen molar-refractivity contribution in [3.63, 3.8) is 0 Å². The van der Waals surface area contributed by atoms with E-state index in [0.717, 1.165) is 10.4 Å². The second-order valence-corrected chi connectivity index (χ2v) is 6.12. The third kappa shape index (κ3) is 2.72. The molecule has 1 aliphatic rings. The summed E-state index contributed by atoms with van der Waals surface area (Å²) in [6, 6.07) is 7.19. The van der Waals surface area contributed by atoms with E-state index < -0.39 is 5.91 Å². The molecule has 0 atom stereocenters. The maximum Gasteiger partial charge on any atom is 0.284 e. The molecule has 1 aromatic carbocycles. The van der Waals surface area contributed by atoms with Crippen molar-refractivity contribution in [2.75, 3.05) is 6.54 Å². The van der Waals surface area contributed by atoms with Crippen LogP contribution in [0.1, 0.15) is 30.5 Å². The normalized spacial score (nSPS) is 13.6. The Balaban J connectivity index is 1.79. The summed E-state index contributed by atoms with van der Waals surface area (Å²) < 4.78 is 12.9. The number of hydrogen-bond donors (Lipinski definition) is 2. The van der Waals surface area contributed by atoms with E-state index in [0.29, 0.717) is 30.0 Å². The fourth-order valence-corrected chi connectivity index (χ4v) is 3.55. The van der Waals surface area contributed by atoms with E-state index in [2.05, 4.69) is 0 Å². The van der Waals surface area contributed by atoms with Crippen molar-refractivity contribution in [3.8, 4) is 0 Å². The van der Waals surface area contributed by atoms with Crippen LogP contribution in [0.15, 0.2) is 30.3 Å². The van der Waals surface area contributed by atoms with E-state index in [1.54, 1.807) is 16.4 Å². The van der Waals surface area contributed by atoms with Crippen LogP contribution in [0.25, 0.3) is 0 Å². The van der Waals surface area contributed by atoms with Gasteiger partial charge in [-0.25, -0.2) is 9.87 Å². The highest BCUT2D eigenvalue weighted by atomic mass is 32.1. The molecule has 0 spiro atoms. The van der Waals surface area contributed by atoms with Gasteiger partial charge in [-0.05, 0) is 42.3 Å². The largest absolute Gasteiger partial charge is 0.333 e. The lowest BCUT2D eigenvalue weighted by Gasteiger charge is -2.26. The fraction of sp³-hybridized carbons (Fsp3) is 0.200. The van der Waals surface area contributed by atoms with Crippen LogP contribution in [0.3, 0.4) is 0 Å². The summed E-state index contributed by atoms with van der Waals surface area (Å²) in [5, 5.41) is 8.67. The maximum absolute atomic E-state index is 12.9. The average Bonchev–Trinajstić information content (AvgIpc) is 2.97. The first kappa shape index (κ1) is 14.7. The Bertz CT molecular complexity index is 727. The van der Waals surface area contributed by atoms with Crippen molar-refractivity contribution in [2.45, 2.75) is 13.0 Å². The smallest absolute Gasteiger partial charge is 0.284 e. The predicted octanol–water partition coefficient (Wildman–Crippen LogP) is 2.20. The standard InChI is InChI=1S/C15H13FN2O3S/c16-11-3-1-9(2-4-11)15(20)18-6-5-10-7-12(14(19)17-21)22-13(10)8-18/h1-4,7,21H,5-6,8H2,(H,17,19). The summed E-state index contributed by atoms with van der Waals surface area (Å²) >= 11 is 1.26. The number of nitrogens with one attached hydrogen (secondary N) is 1. The van der Waals surface area contributed by atoms with Crippen molar-refractivity contribution < 1.29 is 19.2 Å². The first-order chi connectivity index (χ1) is 10.6. The van der Waals surface area contributed by atoms with Gasteiger partial charge in [-0.1, -0.05) is 0 Å². The molecule has 0 radical (unpaired) electrons. The van der Waals surface area contributed by atoms with Gasteiger partial charge in [-0.15, -0.1) is 11.3 Å². The minimum atomic E-state index is -0.546. The van der Waals surface area contributed by atoms with Crippen LogP contribution in [0.5, 0.6) is 0 Å². The number of rotatable bonds is 2. The molecular formula is C15H13FN2O3S. The summed E-state index contributed by atoms with van der Waals surface area (Å²) in [6.07, 6.45) is 0.650. The van der Waals surface area contributed by atoms with Crippen LogP contribution in [-0.4, -0.2) is 28.5 Å². The molecule has 2 heterocycles. The zero-order valence-electron chi connectivity index (χ0n) is 11.5. The number of amides is 2. The molecule has 22 heavy (non-hydrogen) atoms. The lowest BCUT2D eigenvalue weighted by molar-refractivity contribution is 0.0709. The minimum absolute atomic E-state index is 0.160. The van der Waals surface area contributed by atoms with Gasteiger partial charge in [-0.3, -0.25) is 14.8 Å². The van der Waals surface area contributed by atoms with Gasteiger partial charge in [0.2, 0.25) is 0 Å². The average molecular weight is 320 g/mol. The summed E-state index contributed by atoms with van der Waals surface area (Å²) in [7, 11) is 0. The van der Waals surface area contributed by atoms with Crippen LogP contribution in [0.2, 0.25) is 0 Å². The Labute approximate surface area is 129 Å². The Kier molecular flexibility index (Phi) is 3.91. The third-order valence-electron chi connectivity index (χ3n) is 3.59. The SMILES string of the molecule is O=C(NO)c1cc2c(s1)CN(C(=O)c1ccc(F)cc1)CC2. The molecule has 1 aromatic heterocycles. The highest BCUT2D eigenvalue weighted by Gasteiger charge is 2.25. The van der Waals surface area contributed by atoms with Gasteiger partial charge in [0.25, 0.3) is 11.8 Å². The molecular weight excluding hydrogens is 307 g/mol. The number of hydroxylamine groups is 1. The number of benzene rings is 1. The highest BCUT2D eigenvalue weighted by Crippen LogP contribution is 2.29. The van der Waals surface area contributed by atoms with Crippen molar-refractivity contribution in [2.24, 2.45) is 0 Å². The fourth-order valence-electron chi connectivity index (χ4n) is 2.44. The Morgan fingerprint density at radius 3 is 2.68 bits per heavy atom. The number of halogens is 1. The van der Waals surface area contributed by atoms with Crippen LogP contribution in [0.4, 0.5) is 4.39 Å². The third-order valence-corrected chi connectivity index (χ3v) is 4.75. The summed E-state index contributed by atoms with van der Waals surface area (Å²) in [5.41, 5.74) is 3.07. The number of carbonyl (C=O) groups is 2. The molecule has 2 N–H and O–H groups in total. The molecule has 7 heteroatoms. The van der Waals surface area contributed by atoms with Gasteiger partial charge in [0.1, 0.15) is 5.82 Å². The molecule has 1 aliphatic heterocycles. The number of fused-ring (bicyclic) bond motifs is 1. The van der Waals surface area contributed by atoms with Crippen molar-refractivity contribution in [3.05, 3.63) is 57.0 Å². The lowest BCUT2D eigenvalue weighted by atomic mass is 10.1. The number of nitrogens with zero attached hydrogens (tertiary/aromatic N) is 1. The second kappa shape index (κ2) is 5.86. The molecule has 0 saturated heterocycles. The Hall–Kier alpha value is -2.25. The second-order valence-electron chi connectivity index (χ2n) is 4.98. The Morgan fingerprint density at radius 1 is 1.27 bits per heavy atom. The van der Waals surface area contributed by atoms with Crippen LogP contribution >= 0.6 is 11.3 Å². The summed E-state index contributed by atoms with van der Waals surface area (Å²) in [6.45, 7) is 0.953. The van der Waals surface area contributed by atoms with Gasteiger partial charge >= 0.3 is 0 Å². The molecule has 0 bridgehead atoms. The molecule has 2 aromatic rings. The zero-order chi connectivity index (χ0) is 15.7. The maximum atomic E-state index is 12.9. The minimum Gasteiger partial charge on any atom is -0.333 e. The molecule has 0 fully saturated rings. The van der Waals surface area contributed by atoms with Crippen LogP contribution < -0.4 is 5.48 Å². The number of hydrogen-bond acceptors (Lipinski definition) is 4. The van der Waals surface area contributed by atoms with Gasteiger partial charge in [0.05, 0.1) is 11.4 Å². The molecule has 0 unspecified atom stereocenters. The molecule has 3 rings (SSSR count). The van der Waals surface area contributed by atoms with Crippen molar-refractivity contribution in [1.82, 2.24) is 10.4 Å². The quantitative estimate of drug-likeness (QED) is 0.658. The van der Waals surface area contributed by atoms with Gasteiger partial charge in [0, 0.05) is 17.0 Å². The van der Waals surface area contributed by atoms with E-state index in [-0.39, 0.29) is 11.7 Å².